The molecule has 0 spiro atoms. The van der Waals surface area contributed by atoms with Gasteiger partial charge in [-0.05, 0) is 20.3 Å². The lowest BCUT2D eigenvalue weighted by molar-refractivity contribution is -0.144. The van der Waals surface area contributed by atoms with E-state index >= 15 is 0 Å². The van der Waals surface area contributed by atoms with E-state index in [2.05, 4.69) is 9.97 Å². The van der Waals surface area contributed by atoms with E-state index in [1.165, 1.54) is 32.5 Å². The number of aromatic nitrogens is 2. The lowest BCUT2D eigenvalue weighted by Gasteiger charge is -2.24. The molecule has 12 nitrogen and oxygen atoms in total. The lowest BCUT2D eigenvalue weighted by Crippen LogP contribution is -2.41. The minimum Gasteiger partial charge on any atom is -0.465 e. The molecule has 2 heterocycles. The Labute approximate surface area is 210 Å². The topological polar surface area (TPSA) is 137 Å². The highest BCUT2D eigenvalue weighted by Crippen LogP contribution is 2.11. The molecule has 0 saturated heterocycles. The van der Waals surface area contributed by atoms with E-state index in [-0.39, 0.29) is 59.0 Å². The van der Waals surface area contributed by atoms with Gasteiger partial charge in [-0.25, -0.2) is 9.59 Å². The molecule has 0 radical (unpaired) electrons. The van der Waals surface area contributed by atoms with Crippen LogP contribution in [0.4, 0.5) is 9.59 Å². The van der Waals surface area contributed by atoms with Crippen molar-refractivity contribution in [3.8, 4) is 0 Å². The second-order valence-corrected chi connectivity index (χ2v) is 8.79. The van der Waals surface area contributed by atoms with E-state index in [1.807, 2.05) is 0 Å². The van der Waals surface area contributed by atoms with E-state index in [1.54, 1.807) is 37.3 Å². The number of thiazole rings is 2. The molecule has 35 heavy (non-hydrogen) atoms. The summed E-state index contributed by atoms with van der Waals surface area (Å²) in [5, 5.41) is 0. The van der Waals surface area contributed by atoms with Crippen LogP contribution in [0.5, 0.6) is 0 Å². The third kappa shape index (κ3) is 10.7. The quantitative estimate of drug-likeness (QED) is 0.266. The van der Waals surface area contributed by atoms with Crippen LogP contribution in [0.25, 0.3) is 0 Å². The Kier molecular flexibility index (Phi) is 12.5. The smallest absolute Gasteiger partial charge is 0.410 e. The second kappa shape index (κ2) is 15.6. The number of carbonyl (C=O) groups is 4. The summed E-state index contributed by atoms with van der Waals surface area (Å²) in [7, 11) is 0. The maximum Gasteiger partial charge on any atom is 0.410 e. The minimum atomic E-state index is -0.712. The average Bonchev–Trinajstić information content (AvgIpc) is 3.54. The fourth-order valence-electron chi connectivity index (χ4n) is 2.72. The van der Waals surface area contributed by atoms with Gasteiger partial charge in [-0.2, -0.15) is 0 Å². The van der Waals surface area contributed by atoms with Crippen molar-refractivity contribution in [2.75, 3.05) is 39.4 Å². The number of nitrogens with zero attached hydrogens (tertiary/aromatic N) is 4. The summed E-state index contributed by atoms with van der Waals surface area (Å²) in [5.74, 6) is -1.18. The first-order valence-electron chi connectivity index (χ1n) is 10.8. The molecule has 192 valence electrons. The summed E-state index contributed by atoms with van der Waals surface area (Å²) in [5.41, 5.74) is 3.23. The molecule has 0 aromatic carbocycles. The van der Waals surface area contributed by atoms with E-state index in [9.17, 15) is 19.2 Å². The van der Waals surface area contributed by atoms with Crippen LogP contribution >= 0.6 is 22.7 Å². The highest BCUT2D eigenvalue weighted by molar-refractivity contribution is 7.09. The first-order chi connectivity index (χ1) is 16.9. The van der Waals surface area contributed by atoms with Gasteiger partial charge in [0.1, 0.15) is 26.3 Å². The summed E-state index contributed by atoms with van der Waals surface area (Å²) in [6, 6.07) is 0. The fourth-order valence-corrected chi connectivity index (χ4v) is 3.73. The number of ether oxygens (including phenoxy) is 4. The highest BCUT2D eigenvalue weighted by Gasteiger charge is 2.23. The molecule has 0 aliphatic heterocycles. The molecule has 2 rings (SSSR count). The zero-order chi connectivity index (χ0) is 25.5. The van der Waals surface area contributed by atoms with Gasteiger partial charge >= 0.3 is 24.1 Å². The van der Waals surface area contributed by atoms with Gasteiger partial charge in [0, 0.05) is 25.5 Å². The maximum absolute atomic E-state index is 12.6. The zero-order valence-corrected chi connectivity index (χ0v) is 21.2. The largest absolute Gasteiger partial charge is 0.465 e. The summed E-state index contributed by atoms with van der Waals surface area (Å²) in [6.45, 7) is 3.20. The SMILES string of the molecule is CCOC(=O)CN(CCCN(CC(=O)OCC)C(=O)OCc1cncs1)C(=O)OCc1cncs1. The first kappa shape index (κ1) is 28.0. The van der Waals surface area contributed by atoms with Crippen molar-refractivity contribution in [3.05, 3.63) is 33.2 Å². The van der Waals surface area contributed by atoms with Crippen LogP contribution in [-0.4, -0.2) is 83.3 Å². The molecule has 2 aromatic heterocycles. The van der Waals surface area contributed by atoms with Gasteiger partial charge in [0.05, 0.1) is 34.0 Å². The first-order valence-corrected chi connectivity index (χ1v) is 12.6. The number of rotatable bonds is 14. The standard InChI is InChI=1S/C21H28N4O8S2/c1-3-30-18(26)10-24(20(28)32-12-16-8-22-14-34-16)6-5-7-25(11-19(27)31-4-2)21(29)33-13-17-9-23-15-35-17/h8-9,14-15H,3-7,10-13H2,1-2H3. The van der Waals surface area contributed by atoms with Crippen molar-refractivity contribution in [2.24, 2.45) is 0 Å². The van der Waals surface area contributed by atoms with E-state index in [0.717, 1.165) is 9.75 Å². The number of hydrogen-bond acceptors (Lipinski definition) is 12. The maximum atomic E-state index is 12.6. The van der Waals surface area contributed by atoms with E-state index in [0.29, 0.717) is 0 Å². The van der Waals surface area contributed by atoms with Gasteiger partial charge < -0.3 is 18.9 Å². The van der Waals surface area contributed by atoms with Crippen LogP contribution in [0, 0.1) is 0 Å². The van der Waals surface area contributed by atoms with Crippen molar-refractivity contribution in [2.45, 2.75) is 33.5 Å². The third-order valence-electron chi connectivity index (χ3n) is 4.27. The van der Waals surface area contributed by atoms with Crippen LogP contribution in [0.2, 0.25) is 0 Å². The zero-order valence-electron chi connectivity index (χ0n) is 19.5. The summed E-state index contributed by atoms with van der Waals surface area (Å²) < 4.78 is 20.4. The van der Waals surface area contributed by atoms with Crippen LogP contribution in [0.15, 0.2) is 23.4 Å². The normalized spacial score (nSPS) is 10.3. The second-order valence-electron chi connectivity index (χ2n) is 6.85. The number of carbonyl (C=O) groups excluding carboxylic acids is 4. The summed E-state index contributed by atoms with van der Waals surface area (Å²) in [4.78, 5) is 60.8. The van der Waals surface area contributed by atoms with Crippen molar-refractivity contribution in [1.29, 1.82) is 0 Å². The van der Waals surface area contributed by atoms with E-state index in [4.69, 9.17) is 18.9 Å². The molecule has 2 amide bonds. The Hall–Kier alpha value is -3.26. The van der Waals surface area contributed by atoms with Gasteiger partial charge in [0.2, 0.25) is 0 Å². The van der Waals surface area contributed by atoms with Crippen LogP contribution < -0.4 is 0 Å². The molecule has 0 aliphatic rings. The van der Waals surface area contributed by atoms with Crippen LogP contribution in [0.1, 0.15) is 30.0 Å². The molecule has 2 aromatic rings. The lowest BCUT2D eigenvalue weighted by atomic mass is 10.3. The molecule has 0 unspecified atom stereocenters. The molecular formula is C21H28N4O8S2. The Morgan fingerprint density at radius 2 is 1.17 bits per heavy atom. The Balaban J connectivity index is 1.95. The predicted molar refractivity (Wildman–Crippen MR) is 126 cm³/mol. The molecule has 0 atom stereocenters. The summed E-state index contributed by atoms with van der Waals surface area (Å²) >= 11 is 2.67. The highest BCUT2D eigenvalue weighted by atomic mass is 32.1. The predicted octanol–water partition coefficient (Wildman–Crippen LogP) is 2.69. The van der Waals surface area contributed by atoms with Crippen molar-refractivity contribution < 1.29 is 38.1 Å². The molecule has 0 N–H and O–H groups in total. The molecular weight excluding hydrogens is 500 g/mol. The van der Waals surface area contributed by atoms with Gasteiger partial charge in [-0.15, -0.1) is 22.7 Å². The van der Waals surface area contributed by atoms with Crippen LogP contribution in [0.3, 0.4) is 0 Å². The third-order valence-corrected chi connectivity index (χ3v) is 5.77. The fraction of sp³-hybridized carbons (Fsp3) is 0.524. The molecule has 0 saturated carbocycles. The van der Waals surface area contributed by atoms with Crippen molar-refractivity contribution in [1.82, 2.24) is 19.8 Å². The van der Waals surface area contributed by atoms with Gasteiger partial charge in [0.25, 0.3) is 0 Å². The minimum absolute atomic E-state index is 0.0156. The van der Waals surface area contributed by atoms with Crippen molar-refractivity contribution >= 4 is 46.8 Å². The number of esters is 2. The Morgan fingerprint density at radius 3 is 1.51 bits per heavy atom. The molecule has 0 aliphatic carbocycles. The average molecular weight is 529 g/mol. The van der Waals surface area contributed by atoms with E-state index < -0.39 is 24.1 Å². The Bertz CT molecular complexity index is 850. The Morgan fingerprint density at radius 1 is 0.743 bits per heavy atom. The molecule has 14 heteroatoms. The molecule has 0 fully saturated rings. The van der Waals surface area contributed by atoms with Gasteiger partial charge in [-0.1, -0.05) is 0 Å². The van der Waals surface area contributed by atoms with Gasteiger partial charge in [-0.3, -0.25) is 29.4 Å². The summed E-state index contributed by atoms with van der Waals surface area (Å²) in [6.07, 6.45) is 1.98. The van der Waals surface area contributed by atoms with Gasteiger partial charge in [0.15, 0.2) is 0 Å². The molecule has 0 bridgehead atoms. The number of hydrogen-bond donors (Lipinski definition) is 0. The number of amides is 2. The van der Waals surface area contributed by atoms with Crippen molar-refractivity contribution in [3.63, 3.8) is 0 Å². The van der Waals surface area contributed by atoms with Crippen LogP contribution in [-0.2, 0) is 41.8 Å². The monoisotopic (exact) mass is 528 g/mol.